The van der Waals surface area contributed by atoms with Crippen LogP contribution in [0.25, 0.3) is 11.1 Å². The molecule has 0 saturated carbocycles. The Hall–Kier alpha value is -4.38. The molecule has 0 radical (unpaired) electrons. The molecule has 5 heteroatoms. The zero-order valence-electron chi connectivity index (χ0n) is 18.7. The number of nitrogens with zero attached hydrogens (tertiary/aromatic N) is 1. The van der Waals surface area contributed by atoms with Gasteiger partial charge in [-0.1, -0.05) is 78.9 Å². The summed E-state index contributed by atoms with van der Waals surface area (Å²) in [6, 6.07) is 32.4. The summed E-state index contributed by atoms with van der Waals surface area (Å²) in [5, 5.41) is 0. The first-order chi connectivity index (χ1) is 16.6. The summed E-state index contributed by atoms with van der Waals surface area (Å²) in [5.41, 5.74) is 4.69. The summed E-state index contributed by atoms with van der Waals surface area (Å²) < 4.78 is 11.1. The van der Waals surface area contributed by atoms with Gasteiger partial charge >= 0.3 is 5.97 Å². The predicted molar refractivity (Wildman–Crippen MR) is 129 cm³/mol. The molecule has 0 unspecified atom stereocenters. The van der Waals surface area contributed by atoms with Crippen LogP contribution in [0.4, 0.5) is 0 Å². The maximum Gasteiger partial charge on any atom is 0.337 e. The summed E-state index contributed by atoms with van der Waals surface area (Å²) in [5.74, 6) is 0.0779. The highest BCUT2D eigenvalue weighted by Gasteiger charge is 2.35. The number of fused-ring (bicyclic) bond motifs is 1. The van der Waals surface area contributed by atoms with Gasteiger partial charge in [-0.15, -0.1) is 0 Å². The molecular weight excluding hydrogens is 426 g/mol. The first-order valence-electron chi connectivity index (χ1n) is 11.0. The molecule has 0 N–H and O–H groups in total. The first kappa shape index (κ1) is 21.5. The van der Waals surface area contributed by atoms with Crippen LogP contribution in [0.5, 0.6) is 5.75 Å². The lowest BCUT2D eigenvalue weighted by molar-refractivity contribution is 0.00472. The number of carbonyl (C=O) groups is 2. The van der Waals surface area contributed by atoms with Crippen molar-refractivity contribution in [2.24, 2.45) is 0 Å². The van der Waals surface area contributed by atoms with Crippen molar-refractivity contribution in [1.82, 2.24) is 4.90 Å². The predicted octanol–water partition coefficient (Wildman–Crippen LogP) is 5.87. The molecule has 4 aromatic carbocycles. The molecule has 5 rings (SSSR count). The lowest BCUT2D eigenvalue weighted by atomic mass is 9.99. The van der Waals surface area contributed by atoms with Crippen molar-refractivity contribution in [3.8, 4) is 16.9 Å². The molecule has 0 saturated heterocycles. The minimum Gasteiger partial charge on any atom is -0.465 e. The molecule has 0 aromatic heterocycles. The van der Waals surface area contributed by atoms with E-state index < -0.39 is 6.23 Å². The molecule has 1 aliphatic heterocycles. The largest absolute Gasteiger partial charge is 0.465 e. The van der Waals surface area contributed by atoms with Crippen LogP contribution < -0.4 is 4.74 Å². The molecule has 1 heterocycles. The molecule has 1 amide bonds. The fraction of sp³-hybridized carbons (Fsp3) is 0.103. The summed E-state index contributed by atoms with van der Waals surface area (Å²) in [6.07, 6.45) is -0.522. The van der Waals surface area contributed by atoms with E-state index in [2.05, 4.69) is 0 Å². The number of methoxy groups -OCH3 is 1. The quantitative estimate of drug-likeness (QED) is 0.358. The summed E-state index contributed by atoms with van der Waals surface area (Å²) in [4.78, 5) is 27.3. The Labute approximate surface area is 198 Å². The van der Waals surface area contributed by atoms with E-state index in [-0.39, 0.29) is 11.9 Å². The number of hydrogen-bond acceptors (Lipinski definition) is 4. The van der Waals surface area contributed by atoms with Gasteiger partial charge in [0, 0.05) is 12.1 Å². The third-order valence-corrected chi connectivity index (χ3v) is 5.91. The minimum atomic E-state index is -0.522. The van der Waals surface area contributed by atoms with Gasteiger partial charge in [0.05, 0.1) is 18.2 Å². The SMILES string of the molecule is COC(=O)c1ccc(-c2ccc3c(c2)C(=O)N(Cc2ccccc2)[C@@H](c2ccccc2)O3)cc1. The lowest BCUT2D eigenvalue weighted by Crippen LogP contribution is -2.41. The van der Waals surface area contributed by atoms with E-state index in [1.807, 2.05) is 91.0 Å². The van der Waals surface area contributed by atoms with Crippen LogP contribution in [0.15, 0.2) is 103 Å². The number of amides is 1. The normalized spacial score (nSPS) is 14.8. The molecule has 0 bridgehead atoms. The van der Waals surface area contributed by atoms with Crippen molar-refractivity contribution in [3.63, 3.8) is 0 Å². The van der Waals surface area contributed by atoms with Gasteiger partial charge < -0.3 is 9.47 Å². The Kier molecular flexibility index (Phi) is 5.83. The monoisotopic (exact) mass is 449 g/mol. The van der Waals surface area contributed by atoms with Gasteiger partial charge in [-0.2, -0.15) is 0 Å². The topological polar surface area (TPSA) is 55.8 Å². The van der Waals surface area contributed by atoms with Crippen molar-refractivity contribution < 1.29 is 19.1 Å². The second kappa shape index (κ2) is 9.24. The van der Waals surface area contributed by atoms with Crippen LogP contribution >= 0.6 is 0 Å². The molecule has 4 aromatic rings. The van der Waals surface area contributed by atoms with Crippen LogP contribution in [0.2, 0.25) is 0 Å². The molecular formula is C29H23NO4. The van der Waals surface area contributed by atoms with Crippen molar-refractivity contribution in [3.05, 3.63) is 125 Å². The summed E-state index contributed by atoms with van der Waals surface area (Å²) in [6.45, 7) is 0.427. The fourth-order valence-corrected chi connectivity index (χ4v) is 4.14. The Morgan fingerprint density at radius 2 is 1.50 bits per heavy atom. The van der Waals surface area contributed by atoms with Crippen LogP contribution in [0.3, 0.4) is 0 Å². The second-order valence-electron chi connectivity index (χ2n) is 8.08. The maximum absolute atomic E-state index is 13.8. The lowest BCUT2D eigenvalue weighted by Gasteiger charge is -2.37. The maximum atomic E-state index is 13.8. The number of ether oxygens (including phenoxy) is 2. The average Bonchev–Trinajstić information content (AvgIpc) is 2.90. The Bertz CT molecular complexity index is 1320. The van der Waals surface area contributed by atoms with E-state index in [4.69, 9.17) is 9.47 Å². The molecule has 168 valence electrons. The molecule has 0 fully saturated rings. The van der Waals surface area contributed by atoms with E-state index >= 15 is 0 Å². The van der Waals surface area contributed by atoms with E-state index in [0.29, 0.717) is 23.4 Å². The van der Waals surface area contributed by atoms with Crippen molar-refractivity contribution in [2.75, 3.05) is 7.11 Å². The van der Waals surface area contributed by atoms with Crippen LogP contribution in [0, 0.1) is 0 Å². The number of rotatable bonds is 5. The molecule has 5 nitrogen and oxygen atoms in total. The molecule has 0 aliphatic carbocycles. The van der Waals surface area contributed by atoms with E-state index in [1.54, 1.807) is 17.0 Å². The number of hydrogen-bond donors (Lipinski definition) is 0. The highest BCUT2D eigenvalue weighted by Crippen LogP contribution is 2.38. The standard InChI is InChI=1S/C29H23NO4/c1-33-29(32)23-14-12-21(13-15-23)24-16-17-26-25(18-24)27(31)30(19-20-8-4-2-5-9-20)28(34-26)22-10-6-3-7-11-22/h2-18,28H,19H2,1H3/t28-/m1/s1. The van der Waals surface area contributed by atoms with Crippen LogP contribution in [-0.4, -0.2) is 23.9 Å². The van der Waals surface area contributed by atoms with E-state index in [1.165, 1.54) is 7.11 Å². The zero-order valence-corrected chi connectivity index (χ0v) is 18.7. The number of benzene rings is 4. The average molecular weight is 450 g/mol. The summed E-state index contributed by atoms with van der Waals surface area (Å²) in [7, 11) is 1.36. The third kappa shape index (κ3) is 4.16. The van der Waals surface area contributed by atoms with Gasteiger partial charge in [-0.05, 0) is 41.0 Å². The zero-order chi connectivity index (χ0) is 23.5. The van der Waals surface area contributed by atoms with E-state index in [0.717, 1.165) is 22.3 Å². The molecule has 1 aliphatic rings. The van der Waals surface area contributed by atoms with Gasteiger partial charge in [0.25, 0.3) is 5.91 Å². The van der Waals surface area contributed by atoms with Crippen LogP contribution in [0.1, 0.15) is 38.1 Å². The number of esters is 1. The minimum absolute atomic E-state index is 0.0908. The van der Waals surface area contributed by atoms with E-state index in [9.17, 15) is 9.59 Å². The summed E-state index contributed by atoms with van der Waals surface area (Å²) >= 11 is 0. The second-order valence-corrected chi connectivity index (χ2v) is 8.08. The molecule has 0 spiro atoms. The molecule has 1 atom stereocenters. The van der Waals surface area contributed by atoms with Crippen molar-refractivity contribution in [2.45, 2.75) is 12.8 Å². The van der Waals surface area contributed by atoms with Gasteiger partial charge in [0.2, 0.25) is 6.23 Å². The smallest absolute Gasteiger partial charge is 0.337 e. The third-order valence-electron chi connectivity index (χ3n) is 5.91. The number of carbonyl (C=O) groups excluding carboxylic acids is 2. The Morgan fingerprint density at radius 1 is 0.853 bits per heavy atom. The fourth-order valence-electron chi connectivity index (χ4n) is 4.14. The van der Waals surface area contributed by atoms with Gasteiger partial charge in [-0.25, -0.2) is 4.79 Å². The van der Waals surface area contributed by atoms with Gasteiger partial charge in [-0.3, -0.25) is 9.69 Å². The van der Waals surface area contributed by atoms with Crippen LogP contribution in [-0.2, 0) is 11.3 Å². The van der Waals surface area contributed by atoms with Crippen molar-refractivity contribution in [1.29, 1.82) is 0 Å². The molecule has 34 heavy (non-hydrogen) atoms. The highest BCUT2D eigenvalue weighted by molar-refractivity contribution is 5.99. The van der Waals surface area contributed by atoms with Crippen molar-refractivity contribution >= 4 is 11.9 Å². The van der Waals surface area contributed by atoms with Gasteiger partial charge in [0.15, 0.2) is 0 Å². The Balaban J connectivity index is 1.51. The Morgan fingerprint density at radius 3 is 2.18 bits per heavy atom. The first-order valence-corrected chi connectivity index (χ1v) is 11.0. The van der Waals surface area contributed by atoms with Gasteiger partial charge in [0.1, 0.15) is 5.75 Å². The highest BCUT2D eigenvalue weighted by atomic mass is 16.5.